The van der Waals surface area contributed by atoms with E-state index in [2.05, 4.69) is 16.6 Å². The number of benzene rings is 1. The fraction of sp³-hybridized carbons (Fsp3) is 0.500. The maximum atomic E-state index is 11.5. The smallest absolute Gasteiger partial charge is 0.496 e. The van der Waals surface area contributed by atoms with Crippen LogP contribution in [0.5, 0.6) is 5.75 Å². The van der Waals surface area contributed by atoms with Crippen molar-refractivity contribution >= 4 is 31.2 Å². The van der Waals surface area contributed by atoms with Gasteiger partial charge in [-0.25, -0.2) is 9.36 Å². The van der Waals surface area contributed by atoms with E-state index < -0.39 is 13.8 Å². The number of hydrogen-bond acceptors (Lipinski definition) is 5. The van der Waals surface area contributed by atoms with Crippen molar-refractivity contribution in [3.05, 3.63) is 34.9 Å². The van der Waals surface area contributed by atoms with Gasteiger partial charge in [-0.3, -0.25) is 9.79 Å². The third kappa shape index (κ3) is 4.63. The van der Waals surface area contributed by atoms with E-state index in [0.717, 1.165) is 32.1 Å². The van der Waals surface area contributed by atoms with E-state index in [4.69, 9.17) is 20.9 Å². The Balaban J connectivity index is 1.77. The van der Waals surface area contributed by atoms with E-state index in [0.29, 0.717) is 29.1 Å². The van der Waals surface area contributed by atoms with Gasteiger partial charge in [0, 0.05) is 16.4 Å². The summed E-state index contributed by atoms with van der Waals surface area (Å²) in [5.74, 6) is 5.89. The summed E-state index contributed by atoms with van der Waals surface area (Å²) in [5.41, 5.74) is 2.02. The number of esters is 1. The van der Waals surface area contributed by atoms with Crippen LogP contribution >= 0.6 is 19.4 Å². The Morgan fingerprint density at radius 3 is 2.39 bits per heavy atom. The Kier molecular flexibility index (Phi) is 5.87. The Bertz CT molecular complexity index is 1030. The van der Waals surface area contributed by atoms with Gasteiger partial charge in [0.25, 0.3) is 0 Å². The van der Waals surface area contributed by atoms with Gasteiger partial charge in [-0.1, -0.05) is 5.92 Å². The molecule has 1 aromatic carbocycles. The van der Waals surface area contributed by atoms with Gasteiger partial charge < -0.3 is 14.0 Å². The lowest BCUT2D eigenvalue weighted by Crippen LogP contribution is -2.48. The molecule has 1 aromatic rings. The van der Waals surface area contributed by atoms with Gasteiger partial charge in [-0.2, -0.15) is 0 Å². The molecule has 0 radical (unpaired) electrons. The third-order valence-corrected chi connectivity index (χ3v) is 7.30. The number of carbonyl (C=O) groups excluding carboxylic acids is 1. The minimum Gasteiger partial charge on any atom is -0.496 e. The van der Waals surface area contributed by atoms with Gasteiger partial charge in [0.05, 0.1) is 19.8 Å². The quantitative estimate of drug-likeness (QED) is 0.228. The van der Waals surface area contributed by atoms with Gasteiger partial charge in [-0.15, -0.1) is 11.6 Å². The summed E-state index contributed by atoms with van der Waals surface area (Å²) >= 11 is 6.86. The van der Waals surface area contributed by atoms with Crippen molar-refractivity contribution in [2.45, 2.75) is 37.0 Å². The fourth-order valence-electron chi connectivity index (χ4n) is 5.61. The first-order valence-corrected chi connectivity index (χ1v) is 12.0. The molecule has 9 heteroatoms. The van der Waals surface area contributed by atoms with Crippen LogP contribution < -0.4 is 4.52 Å². The molecule has 0 heterocycles. The number of halogens is 1. The highest BCUT2D eigenvalue weighted by molar-refractivity contribution is 7.46. The zero-order chi connectivity index (χ0) is 22.4. The molecule has 0 amide bonds. The number of phosphoric ester groups is 1. The molecule has 4 saturated carbocycles. The average Bonchev–Trinajstić information content (AvgIpc) is 2.67. The lowest BCUT2D eigenvalue weighted by Gasteiger charge is -2.55. The second-order valence-electron chi connectivity index (χ2n) is 8.52. The maximum absolute atomic E-state index is 11.5. The predicted molar refractivity (Wildman–Crippen MR) is 114 cm³/mol. The van der Waals surface area contributed by atoms with Crippen molar-refractivity contribution in [1.29, 1.82) is 0 Å². The molecule has 4 fully saturated rings. The SMILES string of the molecule is COC(=O)C#Cc1ccc(C(OC)=C2C3CC4CC2CC(Cl)(C4)C3)cc1OP(=O)(O)O. The number of carbonyl (C=O) groups is 1. The Hall–Kier alpha value is -1.97. The van der Waals surface area contributed by atoms with Crippen molar-refractivity contribution in [2.24, 2.45) is 17.8 Å². The lowest BCUT2D eigenvalue weighted by atomic mass is 9.53. The Morgan fingerprint density at radius 1 is 1.16 bits per heavy atom. The van der Waals surface area contributed by atoms with Gasteiger partial charge in [0.2, 0.25) is 0 Å². The van der Waals surface area contributed by atoms with E-state index in [1.165, 1.54) is 18.7 Å². The maximum Gasteiger partial charge on any atom is 0.524 e. The molecule has 2 N–H and O–H groups in total. The van der Waals surface area contributed by atoms with Gasteiger partial charge >= 0.3 is 13.8 Å². The second kappa shape index (κ2) is 8.18. The van der Waals surface area contributed by atoms with Crippen LogP contribution in [0.2, 0.25) is 0 Å². The molecule has 4 bridgehead atoms. The van der Waals surface area contributed by atoms with E-state index in [-0.39, 0.29) is 16.2 Å². The van der Waals surface area contributed by atoms with Crippen molar-refractivity contribution in [2.75, 3.05) is 14.2 Å². The number of hydrogen-bond donors (Lipinski definition) is 2. The van der Waals surface area contributed by atoms with Gasteiger partial charge in [0.15, 0.2) is 0 Å². The molecule has 31 heavy (non-hydrogen) atoms. The molecular formula is C22H24ClO7P. The molecule has 7 nitrogen and oxygen atoms in total. The van der Waals surface area contributed by atoms with Crippen molar-refractivity contribution in [1.82, 2.24) is 0 Å². The summed E-state index contributed by atoms with van der Waals surface area (Å²) in [6, 6.07) is 4.80. The van der Waals surface area contributed by atoms with E-state index in [9.17, 15) is 19.1 Å². The first-order valence-electron chi connectivity index (χ1n) is 10.1. The molecule has 2 atom stereocenters. The zero-order valence-electron chi connectivity index (χ0n) is 17.3. The summed E-state index contributed by atoms with van der Waals surface area (Å²) in [7, 11) is -2.06. The Morgan fingerprint density at radius 2 is 1.84 bits per heavy atom. The third-order valence-electron chi connectivity index (χ3n) is 6.41. The van der Waals surface area contributed by atoms with Crippen LogP contribution in [0.1, 0.15) is 43.2 Å². The van der Waals surface area contributed by atoms with Crippen LogP contribution in [-0.2, 0) is 18.8 Å². The van der Waals surface area contributed by atoms with Crippen LogP contribution in [0.3, 0.4) is 0 Å². The predicted octanol–water partition coefficient (Wildman–Crippen LogP) is 3.86. The van der Waals surface area contributed by atoms with E-state index in [1.807, 2.05) is 0 Å². The summed E-state index contributed by atoms with van der Waals surface area (Å²) in [4.78, 5) is 29.9. The normalized spacial score (nSPS) is 28.5. The van der Waals surface area contributed by atoms with Crippen LogP contribution in [0, 0.1) is 29.6 Å². The van der Waals surface area contributed by atoms with Crippen molar-refractivity contribution in [3.63, 3.8) is 0 Å². The number of methoxy groups -OCH3 is 2. The van der Waals surface area contributed by atoms with Crippen LogP contribution in [0.4, 0.5) is 0 Å². The standard InChI is InChI=1S/C22H24ClO7P/c1-28-19(24)6-5-14-3-4-15(9-18(14)30-31(25,26)27)21(29-2)20-16-7-13-8-17(20)12-22(23,10-13)11-16/h3-4,9,13,16-17H,7-8,10-12H2,1-2H3,(H2,25,26,27). The molecule has 2 unspecified atom stereocenters. The van der Waals surface area contributed by atoms with Gasteiger partial charge in [-0.05, 0) is 73.6 Å². The van der Waals surface area contributed by atoms with Gasteiger partial charge in [0.1, 0.15) is 11.5 Å². The van der Waals surface area contributed by atoms with E-state index in [1.54, 1.807) is 19.2 Å². The number of rotatable bonds is 4. The molecule has 166 valence electrons. The summed E-state index contributed by atoms with van der Waals surface area (Å²) in [6.07, 6.45) is 5.07. The summed E-state index contributed by atoms with van der Waals surface area (Å²) < 4.78 is 26.7. The monoisotopic (exact) mass is 466 g/mol. The molecule has 4 aliphatic rings. The molecule has 5 rings (SSSR count). The molecular weight excluding hydrogens is 443 g/mol. The largest absolute Gasteiger partial charge is 0.524 e. The van der Waals surface area contributed by atoms with Crippen LogP contribution in [0.25, 0.3) is 5.76 Å². The number of ether oxygens (including phenoxy) is 2. The highest BCUT2D eigenvalue weighted by Crippen LogP contribution is 2.61. The summed E-state index contributed by atoms with van der Waals surface area (Å²) in [6.45, 7) is 0. The first-order chi connectivity index (χ1) is 14.6. The highest BCUT2D eigenvalue weighted by atomic mass is 35.5. The first kappa shape index (κ1) is 22.2. The minimum atomic E-state index is -4.85. The fourth-order valence-corrected chi connectivity index (χ4v) is 6.60. The second-order valence-corrected chi connectivity index (χ2v) is 10.5. The van der Waals surface area contributed by atoms with Crippen LogP contribution in [0.15, 0.2) is 23.8 Å². The number of alkyl halides is 1. The molecule has 0 aliphatic heterocycles. The zero-order valence-corrected chi connectivity index (χ0v) is 18.9. The van der Waals surface area contributed by atoms with E-state index >= 15 is 0 Å². The molecule has 0 saturated heterocycles. The lowest BCUT2D eigenvalue weighted by molar-refractivity contribution is -0.133. The topological polar surface area (TPSA) is 102 Å². The van der Waals surface area contributed by atoms with Crippen molar-refractivity contribution in [3.8, 4) is 17.6 Å². The molecule has 4 aliphatic carbocycles. The summed E-state index contributed by atoms with van der Waals surface area (Å²) in [5, 5.41) is 0. The Labute approximate surface area is 186 Å². The van der Waals surface area contributed by atoms with Crippen molar-refractivity contribution < 1.29 is 33.1 Å². The van der Waals surface area contributed by atoms with Crippen LogP contribution in [-0.4, -0.2) is 34.8 Å². The highest BCUT2D eigenvalue weighted by Gasteiger charge is 2.53. The minimum absolute atomic E-state index is 0.124. The average molecular weight is 467 g/mol. The number of allylic oxidation sites excluding steroid dienone is 1. The molecule has 0 spiro atoms. The number of phosphoric acid groups is 1. The molecule has 0 aromatic heterocycles.